The molecule has 0 bridgehead atoms. The fourth-order valence-corrected chi connectivity index (χ4v) is 6.42. The minimum Gasteiger partial charge on any atom is -0.447 e. The van der Waals surface area contributed by atoms with E-state index < -0.39 is 144 Å². The van der Waals surface area contributed by atoms with Crippen molar-refractivity contribution in [3.05, 3.63) is 171 Å². The normalized spacial score (nSPS) is 11.4. The maximum absolute atomic E-state index is 15.4. The Morgan fingerprint density at radius 1 is 0.468 bits per heavy atom. The fourth-order valence-electron chi connectivity index (χ4n) is 6.42. The average molecular weight is 908 g/mol. The summed E-state index contributed by atoms with van der Waals surface area (Å²) in [5.41, 5.74) is -13.6. The topological polar surface area (TPSA) is 43.1 Å². The van der Waals surface area contributed by atoms with E-state index in [0.717, 1.165) is 0 Å². The molecule has 0 N–H and O–H groups in total. The smallest absolute Gasteiger partial charge is 0.386 e. The monoisotopic (exact) mass is 908 g/mol. The minimum atomic E-state index is -7.22. The molecule has 4 nitrogen and oxygen atoms in total. The molecule has 25 heteroatoms. The number of ether oxygens (including phenoxy) is 1. The van der Waals surface area contributed by atoms with Crippen LogP contribution in [-0.2, 0) is 6.54 Å². The SMILES string of the molecule is COc1cncc[n+]1CC(=O)c1ccccc1.Fc1c(F)c(F)c([B-](c2c(F)c(F)c(F)c(F)c2F)(c2c(F)c(F)c(F)c(F)c2F)c2c(F)c(F)c(F)c(F)c2F)c(F)c1F. The molecule has 0 aliphatic rings. The average Bonchev–Trinajstić information content (AvgIpc) is 3.26. The first-order chi connectivity index (χ1) is 29.0. The number of methoxy groups -OCH3 is 1. The summed E-state index contributed by atoms with van der Waals surface area (Å²) < 4.78 is 301. The Hall–Kier alpha value is -6.69. The first kappa shape index (κ1) is 46.4. The van der Waals surface area contributed by atoms with E-state index in [1.807, 2.05) is 18.2 Å². The van der Waals surface area contributed by atoms with Crippen molar-refractivity contribution in [2.45, 2.75) is 6.54 Å². The van der Waals surface area contributed by atoms with Crippen molar-refractivity contribution in [2.24, 2.45) is 0 Å². The number of ketones is 1. The first-order valence-electron chi connectivity index (χ1n) is 16.2. The quantitative estimate of drug-likeness (QED) is 0.0409. The predicted octanol–water partition coefficient (Wildman–Crippen LogP) is 7.11. The van der Waals surface area contributed by atoms with Crippen LogP contribution in [0.5, 0.6) is 5.88 Å². The molecule has 0 spiro atoms. The number of benzene rings is 5. The maximum atomic E-state index is 15.4. The predicted molar refractivity (Wildman–Crippen MR) is 171 cm³/mol. The largest absolute Gasteiger partial charge is 0.447 e. The lowest BCUT2D eigenvalue weighted by Gasteiger charge is -2.44. The van der Waals surface area contributed by atoms with Crippen molar-refractivity contribution in [3.63, 3.8) is 0 Å². The van der Waals surface area contributed by atoms with Crippen LogP contribution >= 0.6 is 0 Å². The number of aromatic nitrogens is 2. The highest BCUT2D eigenvalue weighted by molar-refractivity contribution is 7.20. The standard InChI is InChI=1S/C24BF20.C13H13N2O2/c26-5-1(6(27)14(35)21(42)13(5)34)25(2-7(28)15(36)22(43)16(37)8(2)29,3-9(30)17(38)23(44)18(39)10(3)31)4-11(32)19(40)24(45)20(41)12(4)33;1-17-13-9-14-7-8-15(13)10-12(16)11-5-3-2-4-6-11/h;2-9H,10H2,1H3/q-1;+1. The van der Waals surface area contributed by atoms with Gasteiger partial charge in [-0.05, 0) is 0 Å². The van der Waals surface area contributed by atoms with Gasteiger partial charge in [-0.3, -0.25) is 4.79 Å². The summed E-state index contributed by atoms with van der Waals surface area (Å²) >= 11 is 0. The molecule has 0 aliphatic heterocycles. The molecule has 1 aromatic heterocycles. The number of nitrogens with zero attached hydrogens (tertiary/aromatic N) is 2. The van der Waals surface area contributed by atoms with Crippen LogP contribution in [0.3, 0.4) is 0 Å². The van der Waals surface area contributed by atoms with Gasteiger partial charge in [0.15, 0.2) is 76.0 Å². The highest BCUT2D eigenvalue weighted by Crippen LogP contribution is 2.30. The number of rotatable bonds is 8. The molecule has 0 saturated carbocycles. The second-order valence-corrected chi connectivity index (χ2v) is 12.3. The van der Waals surface area contributed by atoms with E-state index in [2.05, 4.69) is 4.98 Å². The zero-order valence-corrected chi connectivity index (χ0v) is 29.7. The first-order valence-corrected chi connectivity index (χ1v) is 16.2. The highest BCUT2D eigenvalue weighted by atomic mass is 19.2. The summed E-state index contributed by atoms with van der Waals surface area (Å²) in [5.74, 6) is -70.8. The van der Waals surface area contributed by atoms with Gasteiger partial charge in [0.25, 0.3) is 0 Å². The minimum absolute atomic E-state index is 0.0418. The van der Waals surface area contributed by atoms with Crippen LogP contribution in [0.25, 0.3) is 0 Å². The van der Waals surface area contributed by atoms with Crippen LogP contribution in [-0.4, -0.2) is 24.0 Å². The molecule has 0 saturated heterocycles. The maximum Gasteiger partial charge on any atom is 0.386 e. The summed E-state index contributed by atoms with van der Waals surface area (Å²) in [7, 11) is 1.56. The Kier molecular flexibility index (Phi) is 13.0. The van der Waals surface area contributed by atoms with Gasteiger partial charge in [-0.25, -0.2) is 92.8 Å². The Labute approximate surface area is 331 Å². The van der Waals surface area contributed by atoms with Gasteiger partial charge in [0.1, 0.15) is 58.9 Å². The molecule has 6 rings (SSSR count). The van der Waals surface area contributed by atoms with Gasteiger partial charge in [0.2, 0.25) is 12.3 Å². The van der Waals surface area contributed by atoms with Crippen LogP contribution in [0.1, 0.15) is 10.4 Å². The van der Waals surface area contributed by atoms with E-state index >= 15 is 35.1 Å². The molecule has 0 unspecified atom stereocenters. The van der Waals surface area contributed by atoms with Crippen LogP contribution < -0.4 is 31.2 Å². The summed E-state index contributed by atoms with van der Waals surface area (Å²) in [4.78, 5) is 15.9. The van der Waals surface area contributed by atoms with E-state index in [1.165, 1.54) is 0 Å². The molecule has 0 amide bonds. The lowest BCUT2D eigenvalue weighted by atomic mass is 9.12. The number of carbonyl (C=O) groups excluding carboxylic acids is 1. The molecule has 0 aliphatic carbocycles. The van der Waals surface area contributed by atoms with Gasteiger partial charge in [0, 0.05) is 5.56 Å². The Morgan fingerprint density at radius 3 is 1.02 bits per heavy atom. The van der Waals surface area contributed by atoms with E-state index in [-0.39, 0.29) is 12.3 Å². The van der Waals surface area contributed by atoms with E-state index in [1.54, 1.807) is 42.4 Å². The van der Waals surface area contributed by atoms with Gasteiger partial charge in [-0.1, -0.05) is 30.3 Å². The van der Waals surface area contributed by atoms with Crippen molar-refractivity contribution in [1.29, 1.82) is 0 Å². The van der Waals surface area contributed by atoms with Gasteiger partial charge < -0.3 is 4.74 Å². The third-order valence-electron chi connectivity index (χ3n) is 9.13. The summed E-state index contributed by atoms with van der Waals surface area (Å²) in [5, 5.41) is 0. The highest BCUT2D eigenvalue weighted by Gasteiger charge is 2.52. The molecule has 326 valence electrons. The van der Waals surface area contributed by atoms with Crippen molar-refractivity contribution < 1.29 is 102 Å². The number of Topliss-reactive ketones (excluding diaryl/α,β-unsaturated/α-hetero) is 1. The Morgan fingerprint density at radius 2 is 0.742 bits per heavy atom. The number of hydrogen-bond donors (Lipinski definition) is 0. The zero-order chi connectivity index (χ0) is 46.4. The summed E-state index contributed by atoms with van der Waals surface area (Å²) in [6.45, 7) is 0.246. The van der Waals surface area contributed by atoms with Crippen molar-refractivity contribution in [1.82, 2.24) is 4.98 Å². The van der Waals surface area contributed by atoms with Crippen LogP contribution in [0, 0.1) is 116 Å². The molecule has 6 aromatic rings. The zero-order valence-electron chi connectivity index (χ0n) is 29.7. The second kappa shape index (κ2) is 17.4. The van der Waals surface area contributed by atoms with E-state index in [4.69, 9.17) is 4.74 Å². The van der Waals surface area contributed by atoms with Crippen molar-refractivity contribution in [3.8, 4) is 5.88 Å². The Bertz CT molecular complexity index is 2410. The molecule has 5 aromatic carbocycles. The third-order valence-corrected chi connectivity index (χ3v) is 9.13. The molecule has 62 heavy (non-hydrogen) atoms. The van der Waals surface area contributed by atoms with E-state index in [9.17, 15) is 57.5 Å². The third kappa shape index (κ3) is 7.20. The summed E-state index contributed by atoms with van der Waals surface area (Å²) in [6, 6.07) is 9.19. The fraction of sp³-hybridized carbons (Fsp3) is 0.0541. The molecular weight excluding hydrogens is 895 g/mol. The van der Waals surface area contributed by atoms with E-state index in [0.29, 0.717) is 11.4 Å². The lowest BCUT2D eigenvalue weighted by molar-refractivity contribution is -0.688. The second-order valence-electron chi connectivity index (χ2n) is 12.3. The van der Waals surface area contributed by atoms with Crippen LogP contribution in [0.4, 0.5) is 87.8 Å². The van der Waals surface area contributed by atoms with Gasteiger partial charge >= 0.3 is 5.88 Å². The Balaban J connectivity index is 0.000000355. The molecule has 0 atom stereocenters. The number of hydrogen-bond acceptors (Lipinski definition) is 3. The summed E-state index contributed by atoms with van der Waals surface area (Å²) in [6.07, 6.45) is -2.29. The van der Waals surface area contributed by atoms with Gasteiger partial charge in [-0.2, -0.15) is 4.57 Å². The van der Waals surface area contributed by atoms with Crippen LogP contribution in [0.15, 0.2) is 48.9 Å². The van der Waals surface area contributed by atoms with Crippen molar-refractivity contribution in [2.75, 3.05) is 7.11 Å². The number of carbonyl (C=O) groups is 1. The molecule has 1 heterocycles. The number of halogens is 20. The van der Waals surface area contributed by atoms with Gasteiger partial charge in [-0.15, -0.1) is 21.9 Å². The van der Waals surface area contributed by atoms with Crippen LogP contribution in [0.2, 0.25) is 0 Å². The molecular formula is C37H13BF20N2O2. The molecule has 0 radical (unpaired) electrons. The van der Waals surface area contributed by atoms with Gasteiger partial charge in [0.05, 0.1) is 13.3 Å². The lowest BCUT2D eigenvalue weighted by Crippen LogP contribution is -2.81. The molecule has 0 fully saturated rings. The van der Waals surface area contributed by atoms with Crippen molar-refractivity contribution >= 4 is 33.8 Å².